The third kappa shape index (κ3) is 1.67. The van der Waals surface area contributed by atoms with Gasteiger partial charge in [0.05, 0.1) is 10.4 Å². The van der Waals surface area contributed by atoms with E-state index in [4.69, 9.17) is 0 Å². The summed E-state index contributed by atoms with van der Waals surface area (Å²) in [5.41, 5.74) is 0.690. The molecule has 0 radical (unpaired) electrons. The number of nitrogens with zero attached hydrogens (tertiary/aromatic N) is 2. The zero-order valence-electron chi connectivity index (χ0n) is 10.9. The maximum Gasteiger partial charge on any atom is 0.270 e. The van der Waals surface area contributed by atoms with E-state index in [9.17, 15) is 14.9 Å². The van der Waals surface area contributed by atoms with Crippen molar-refractivity contribution in [1.82, 2.24) is 4.57 Å². The van der Waals surface area contributed by atoms with Gasteiger partial charge in [0.15, 0.2) is 0 Å². The molecule has 0 unspecified atom stereocenters. The van der Waals surface area contributed by atoms with E-state index in [2.05, 4.69) is 0 Å². The van der Waals surface area contributed by atoms with Gasteiger partial charge < -0.3 is 4.57 Å². The Labute approximate surface area is 114 Å². The quantitative estimate of drug-likeness (QED) is 0.407. The third-order valence-electron chi connectivity index (χ3n) is 3.49. The molecule has 0 saturated heterocycles. The van der Waals surface area contributed by atoms with Crippen molar-refractivity contribution in [3.05, 3.63) is 62.9 Å². The largest absolute Gasteiger partial charge is 0.308 e. The zero-order valence-corrected chi connectivity index (χ0v) is 10.9. The van der Waals surface area contributed by atoms with Crippen LogP contribution in [0.15, 0.2) is 47.3 Å². The van der Waals surface area contributed by atoms with Gasteiger partial charge in [0.2, 0.25) is 0 Å². The van der Waals surface area contributed by atoms with Gasteiger partial charge >= 0.3 is 0 Å². The highest BCUT2D eigenvalue weighted by atomic mass is 16.6. The average Bonchev–Trinajstić information content (AvgIpc) is 2.47. The van der Waals surface area contributed by atoms with Crippen molar-refractivity contribution in [1.29, 1.82) is 0 Å². The summed E-state index contributed by atoms with van der Waals surface area (Å²) < 4.78 is 1.64. The molecule has 0 saturated carbocycles. The van der Waals surface area contributed by atoms with Crippen LogP contribution in [0.5, 0.6) is 0 Å². The first-order valence-corrected chi connectivity index (χ1v) is 6.33. The normalized spacial score (nSPS) is 11.1. The Morgan fingerprint density at radius 2 is 1.80 bits per heavy atom. The number of non-ortho nitro benzene ring substituents is 1. The third-order valence-corrected chi connectivity index (χ3v) is 3.49. The summed E-state index contributed by atoms with van der Waals surface area (Å²) >= 11 is 0. The van der Waals surface area contributed by atoms with Crippen molar-refractivity contribution < 1.29 is 4.92 Å². The first-order chi connectivity index (χ1) is 9.63. The smallest absolute Gasteiger partial charge is 0.270 e. The second-order valence-electron chi connectivity index (χ2n) is 4.55. The predicted octanol–water partition coefficient (Wildman–Crippen LogP) is 3.08. The van der Waals surface area contributed by atoms with Crippen LogP contribution >= 0.6 is 0 Å². The van der Waals surface area contributed by atoms with Gasteiger partial charge in [-0.15, -0.1) is 0 Å². The molecule has 0 amide bonds. The fourth-order valence-corrected chi connectivity index (χ4v) is 2.56. The Bertz CT molecular complexity index is 897. The van der Waals surface area contributed by atoms with Crippen LogP contribution in [0.1, 0.15) is 6.92 Å². The molecule has 5 heteroatoms. The van der Waals surface area contributed by atoms with E-state index in [0.29, 0.717) is 11.9 Å². The molecule has 1 aromatic heterocycles. The molecule has 1 heterocycles. The SMILES string of the molecule is CCn1c(=O)c2ccccc2c2cc([N+](=O)[O-])ccc21. The lowest BCUT2D eigenvalue weighted by Crippen LogP contribution is -2.19. The van der Waals surface area contributed by atoms with Crippen molar-refractivity contribution in [3.8, 4) is 0 Å². The molecule has 100 valence electrons. The van der Waals surface area contributed by atoms with Crippen molar-refractivity contribution in [2.45, 2.75) is 13.5 Å². The van der Waals surface area contributed by atoms with Crippen LogP contribution in [0.4, 0.5) is 5.69 Å². The van der Waals surface area contributed by atoms with E-state index in [1.807, 2.05) is 19.1 Å². The second-order valence-corrected chi connectivity index (χ2v) is 4.55. The minimum absolute atomic E-state index is 0.0314. The molecular weight excluding hydrogens is 256 g/mol. The average molecular weight is 268 g/mol. The molecule has 5 nitrogen and oxygen atoms in total. The summed E-state index contributed by atoms with van der Waals surface area (Å²) in [6.45, 7) is 2.41. The molecule has 0 N–H and O–H groups in total. The fraction of sp³-hybridized carbons (Fsp3) is 0.133. The molecule has 20 heavy (non-hydrogen) atoms. The van der Waals surface area contributed by atoms with Crippen LogP contribution in [0.25, 0.3) is 21.7 Å². The van der Waals surface area contributed by atoms with Gasteiger partial charge in [0.1, 0.15) is 0 Å². The number of aryl methyl sites for hydroxylation is 1. The van der Waals surface area contributed by atoms with Gasteiger partial charge in [-0.05, 0) is 24.4 Å². The van der Waals surface area contributed by atoms with E-state index >= 15 is 0 Å². The summed E-state index contributed by atoms with van der Waals surface area (Å²) in [7, 11) is 0. The lowest BCUT2D eigenvalue weighted by atomic mass is 10.1. The van der Waals surface area contributed by atoms with Crippen LogP contribution in [0.2, 0.25) is 0 Å². The molecule has 0 fully saturated rings. The van der Waals surface area contributed by atoms with E-state index in [-0.39, 0.29) is 11.2 Å². The Balaban J connectivity index is 2.59. The molecule has 0 bridgehead atoms. The molecule has 0 aliphatic rings. The summed E-state index contributed by atoms with van der Waals surface area (Å²) in [6.07, 6.45) is 0. The van der Waals surface area contributed by atoms with Crippen molar-refractivity contribution in [3.63, 3.8) is 0 Å². The summed E-state index contributed by atoms with van der Waals surface area (Å²) in [6, 6.07) is 11.8. The van der Waals surface area contributed by atoms with Crippen molar-refractivity contribution >= 4 is 27.4 Å². The predicted molar refractivity (Wildman–Crippen MR) is 78.0 cm³/mol. The highest BCUT2D eigenvalue weighted by Gasteiger charge is 2.13. The molecule has 0 atom stereocenters. The summed E-state index contributed by atoms with van der Waals surface area (Å²) in [5, 5.41) is 13.0. The van der Waals surface area contributed by atoms with Gasteiger partial charge in [-0.1, -0.05) is 18.2 Å². The number of fused-ring (bicyclic) bond motifs is 3. The zero-order chi connectivity index (χ0) is 14.3. The molecule has 3 aromatic rings. The van der Waals surface area contributed by atoms with Crippen molar-refractivity contribution in [2.75, 3.05) is 0 Å². The van der Waals surface area contributed by atoms with Crippen LogP contribution < -0.4 is 5.56 Å². The lowest BCUT2D eigenvalue weighted by Gasteiger charge is -2.11. The topological polar surface area (TPSA) is 65.1 Å². The number of hydrogen-bond acceptors (Lipinski definition) is 3. The maximum absolute atomic E-state index is 12.4. The maximum atomic E-state index is 12.4. The molecule has 0 spiro atoms. The lowest BCUT2D eigenvalue weighted by molar-refractivity contribution is -0.384. The van der Waals surface area contributed by atoms with Gasteiger partial charge in [0.25, 0.3) is 11.2 Å². The van der Waals surface area contributed by atoms with Gasteiger partial charge in [0, 0.05) is 29.4 Å². The Morgan fingerprint density at radius 1 is 1.10 bits per heavy atom. The summed E-state index contributed by atoms with van der Waals surface area (Å²) in [5.74, 6) is 0. The van der Waals surface area contributed by atoms with Gasteiger partial charge in [-0.2, -0.15) is 0 Å². The highest BCUT2D eigenvalue weighted by Crippen LogP contribution is 2.26. The standard InChI is InChI=1S/C15H12N2O3/c1-2-16-14-8-7-10(17(19)20)9-13(14)11-5-3-4-6-12(11)15(16)18/h3-9H,2H2,1H3. The molecule has 3 rings (SSSR count). The van der Waals surface area contributed by atoms with Crippen molar-refractivity contribution in [2.24, 2.45) is 0 Å². The molecule has 0 aliphatic carbocycles. The number of benzene rings is 2. The van der Waals surface area contributed by atoms with Gasteiger partial charge in [-0.3, -0.25) is 14.9 Å². The van der Waals surface area contributed by atoms with E-state index in [1.54, 1.807) is 22.8 Å². The van der Waals surface area contributed by atoms with Gasteiger partial charge in [-0.25, -0.2) is 0 Å². The number of nitro benzene ring substituents is 1. The number of hydrogen-bond donors (Lipinski definition) is 0. The minimum Gasteiger partial charge on any atom is -0.308 e. The number of pyridine rings is 1. The van der Waals surface area contributed by atoms with E-state index in [0.717, 1.165) is 16.3 Å². The van der Waals surface area contributed by atoms with Crippen LogP contribution in [0, 0.1) is 10.1 Å². The monoisotopic (exact) mass is 268 g/mol. The molecule has 2 aromatic carbocycles. The van der Waals surface area contributed by atoms with Crippen LogP contribution in [0.3, 0.4) is 0 Å². The van der Waals surface area contributed by atoms with E-state index in [1.165, 1.54) is 12.1 Å². The van der Waals surface area contributed by atoms with Crippen LogP contribution in [-0.4, -0.2) is 9.49 Å². The fourth-order valence-electron chi connectivity index (χ4n) is 2.56. The Hall–Kier alpha value is -2.69. The first kappa shape index (κ1) is 12.3. The summed E-state index contributed by atoms with van der Waals surface area (Å²) in [4.78, 5) is 22.9. The molecule has 0 aliphatic heterocycles. The second kappa shape index (κ2) is 4.45. The van der Waals surface area contributed by atoms with E-state index < -0.39 is 4.92 Å². The molecular formula is C15H12N2O3. The Kier molecular flexibility index (Phi) is 2.75. The number of nitro groups is 1. The van der Waals surface area contributed by atoms with Crippen LogP contribution in [-0.2, 0) is 6.54 Å². The first-order valence-electron chi connectivity index (χ1n) is 6.33. The Morgan fingerprint density at radius 3 is 2.45 bits per heavy atom. The number of aromatic nitrogens is 1. The highest BCUT2D eigenvalue weighted by molar-refractivity contribution is 6.06. The number of rotatable bonds is 2. The minimum atomic E-state index is -0.421.